The molecule has 0 aromatic heterocycles. The Balaban J connectivity index is 2.10. The minimum absolute atomic E-state index is 0.236. The first-order chi connectivity index (χ1) is 9.80. The number of nitrogens with two attached hydrogens (primary N) is 1. The van der Waals surface area contributed by atoms with Crippen LogP contribution in [0.3, 0.4) is 0 Å². The molecule has 0 spiro atoms. The van der Waals surface area contributed by atoms with Crippen molar-refractivity contribution in [3.05, 3.63) is 34.9 Å². The SMILES string of the molecule is CC(C)(C)OC(=O)N1C[C@H](CN)[C@@H](c2ccc(Cl)cc2)C1. The highest BCUT2D eigenvalue weighted by Crippen LogP contribution is 2.33. The van der Waals surface area contributed by atoms with Gasteiger partial charge in [-0.15, -0.1) is 0 Å². The molecule has 1 aliphatic rings. The Hall–Kier alpha value is -1.26. The second-order valence-electron chi connectivity index (χ2n) is 6.54. The first-order valence-corrected chi connectivity index (χ1v) is 7.61. The summed E-state index contributed by atoms with van der Waals surface area (Å²) >= 11 is 5.93. The number of amides is 1. The lowest BCUT2D eigenvalue weighted by atomic mass is 9.89. The van der Waals surface area contributed by atoms with E-state index in [9.17, 15) is 4.79 Å². The van der Waals surface area contributed by atoms with Gasteiger partial charge in [-0.3, -0.25) is 0 Å². The highest BCUT2D eigenvalue weighted by atomic mass is 35.5. The van der Waals surface area contributed by atoms with Crippen LogP contribution in [-0.2, 0) is 4.74 Å². The van der Waals surface area contributed by atoms with Gasteiger partial charge in [-0.25, -0.2) is 4.79 Å². The van der Waals surface area contributed by atoms with E-state index in [1.165, 1.54) is 5.56 Å². The van der Waals surface area contributed by atoms with Gasteiger partial charge in [0.15, 0.2) is 0 Å². The molecule has 0 aliphatic carbocycles. The number of rotatable bonds is 2. The van der Waals surface area contributed by atoms with Crippen LogP contribution in [0.5, 0.6) is 0 Å². The fourth-order valence-corrected chi connectivity index (χ4v) is 2.80. The number of hydrogen-bond acceptors (Lipinski definition) is 3. The van der Waals surface area contributed by atoms with Gasteiger partial charge in [0.25, 0.3) is 0 Å². The van der Waals surface area contributed by atoms with Crippen molar-refractivity contribution >= 4 is 17.7 Å². The van der Waals surface area contributed by atoms with Crippen molar-refractivity contribution in [2.24, 2.45) is 11.7 Å². The van der Waals surface area contributed by atoms with Crippen LogP contribution in [0.2, 0.25) is 5.02 Å². The van der Waals surface area contributed by atoms with E-state index in [1.54, 1.807) is 4.90 Å². The van der Waals surface area contributed by atoms with Crippen LogP contribution in [0.4, 0.5) is 4.79 Å². The Morgan fingerprint density at radius 2 is 1.95 bits per heavy atom. The predicted molar refractivity (Wildman–Crippen MR) is 84.5 cm³/mol. The Kier molecular flexibility index (Phi) is 4.79. The number of likely N-dealkylation sites (tertiary alicyclic amines) is 1. The second-order valence-corrected chi connectivity index (χ2v) is 6.98. The summed E-state index contributed by atoms with van der Waals surface area (Å²) in [6.07, 6.45) is -0.266. The van der Waals surface area contributed by atoms with E-state index in [0.29, 0.717) is 24.7 Å². The normalized spacial score (nSPS) is 22.4. The summed E-state index contributed by atoms with van der Waals surface area (Å²) < 4.78 is 5.44. The van der Waals surface area contributed by atoms with Crippen LogP contribution >= 0.6 is 11.6 Å². The molecule has 0 saturated carbocycles. The minimum Gasteiger partial charge on any atom is -0.444 e. The molecular formula is C16H23ClN2O2. The lowest BCUT2D eigenvalue weighted by Crippen LogP contribution is -2.35. The number of ether oxygens (including phenoxy) is 1. The highest BCUT2D eigenvalue weighted by Gasteiger charge is 2.37. The Bertz CT molecular complexity index is 496. The van der Waals surface area contributed by atoms with Gasteiger partial charge in [0.2, 0.25) is 0 Å². The zero-order valence-corrected chi connectivity index (χ0v) is 13.6. The minimum atomic E-state index is -0.479. The van der Waals surface area contributed by atoms with Crippen LogP contribution in [-0.4, -0.2) is 36.2 Å². The molecule has 1 amide bonds. The molecule has 0 bridgehead atoms. The third-order valence-corrected chi connectivity index (χ3v) is 3.95. The average molecular weight is 311 g/mol. The lowest BCUT2D eigenvalue weighted by molar-refractivity contribution is 0.0287. The predicted octanol–water partition coefficient (Wildman–Crippen LogP) is 3.25. The molecule has 2 atom stereocenters. The van der Waals surface area contributed by atoms with Crippen molar-refractivity contribution in [2.45, 2.75) is 32.3 Å². The van der Waals surface area contributed by atoms with E-state index < -0.39 is 5.60 Å². The number of benzene rings is 1. The second kappa shape index (κ2) is 6.24. The maximum absolute atomic E-state index is 12.2. The third-order valence-electron chi connectivity index (χ3n) is 3.69. The molecule has 0 radical (unpaired) electrons. The molecule has 0 unspecified atom stereocenters. The van der Waals surface area contributed by atoms with Crippen molar-refractivity contribution in [3.8, 4) is 0 Å². The number of hydrogen-bond donors (Lipinski definition) is 1. The smallest absolute Gasteiger partial charge is 0.410 e. The molecule has 1 heterocycles. The van der Waals surface area contributed by atoms with Crippen LogP contribution in [0.25, 0.3) is 0 Å². The monoisotopic (exact) mass is 310 g/mol. The van der Waals surface area contributed by atoms with Crippen molar-refractivity contribution in [1.82, 2.24) is 4.90 Å². The van der Waals surface area contributed by atoms with E-state index in [2.05, 4.69) is 0 Å². The molecule has 1 saturated heterocycles. The summed E-state index contributed by atoms with van der Waals surface area (Å²) in [6, 6.07) is 7.77. The van der Waals surface area contributed by atoms with Gasteiger partial charge in [-0.2, -0.15) is 0 Å². The molecule has 2 rings (SSSR count). The van der Waals surface area contributed by atoms with Gasteiger partial charge in [-0.1, -0.05) is 23.7 Å². The first-order valence-electron chi connectivity index (χ1n) is 7.23. The van der Waals surface area contributed by atoms with E-state index >= 15 is 0 Å². The van der Waals surface area contributed by atoms with Crippen molar-refractivity contribution in [1.29, 1.82) is 0 Å². The number of carbonyl (C=O) groups excluding carboxylic acids is 1. The van der Waals surface area contributed by atoms with E-state index in [1.807, 2.05) is 45.0 Å². The first kappa shape index (κ1) is 16.1. The largest absolute Gasteiger partial charge is 0.444 e. The van der Waals surface area contributed by atoms with Crippen molar-refractivity contribution in [2.75, 3.05) is 19.6 Å². The molecule has 4 nitrogen and oxygen atoms in total. The van der Waals surface area contributed by atoms with Crippen molar-refractivity contribution < 1.29 is 9.53 Å². The number of carbonyl (C=O) groups is 1. The Morgan fingerprint density at radius 3 is 2.48 bits per heavy atom. The molecule has 1 aliphatic heterocycles. The molecule has 116 valence electrons. The maximum Gasteiger partial charge on any atom is 0.410 e. The third kappa shape index (κ3) is 4.11. The average Bonchev–Trinajstić information content (AvgIpc) is 2.82. The quantitative estimate of drug-likeness (QED) is 0.912. The number of halogens is 1. The fourth-order valence-electron chi connectivity index (χ4n) is 2.67. The maximum atomic E-state index is 12.2. The Labute approximate surface area is 131 Å². The fraction of sp³-hybridized carbons (Fsp3) is 0.562. The lowest BCUT2D eigenvalue weighted by Gasteiger charge is -2.24. The summed E-state index contributed by atoms with van der Waals surface area (Å²) in [5.74, 6) is 0.485. The van der Waals surface area contributed by atoms with Gasteiger partial charge in [0, 0.05) is 24.0 Å². The summed E-state index contributed by atoms with van der Waals surface area (Å²) in [7, 11) is 0. The van der Waals surface area contributed by atoms with Crippen LogP contribution in [0, 0.1) is 5.92 Å². The van der Waals surface area contributed by atoms with Gasteiger partial charge < -0.3 is 15.4 Å². The highest BCUT2D eigenvalue weighted by molar-refractivity contribution is 6.30. The van der Waals surface area contributed by atoms with Crippen LogP contribution in [0.15, 0.2) is 24.3 Å². The molecule has 2 N–H and O–H groups in total. The molecular weight excluding hydrogens is 288 g/mol. The summed E-state index contributed by atoms with van der Waals surface area (Å²) in [6.45, 7) is 7.44. The molecule has 21 heavy (non-hydrogen) atoms. The molecule has 1 aromatic rings. The van der Waals surface area contributed by atoms with Gasteiger partial charge in [0.05, 0.1) is 0 Å². The topological polar surface area (TPSA) is 55.6 Å². The number of nitrogens with zero attached hydrogens (tertiary/aromatic N) is 1. The molecule has 1 fully saturated rings. The molecule has 1 aromatic carbocycles. The van der Waals surface area contributed by atoms with E-state index in [4.69, 9.17) is 22.1 Å². The van der Waals surface area contributed by atoms with Gasteiger partial charge in [0.1, 0.15) is 5.60 Å². The van der Waals surface area contributed by atoms with E-state index in [0.717, 1.165) is 0 Å². The van der Waals surface area contributed by atoms with Crippen LogP contribution in [0.1, 0.15) is 32.3 Å². The Morgan fingerprint density at radius 1 is 1.33 bits per heavy atom. The summed E-state index contributed by atoms with van der Waals surface area (Å²) in [5.41, 5.74) is 6.57. The van der Waals surface area contributed by atoms with Gasteiger partial charge >= 0.3 is 6.09 Å². The molecule has 5 heteroatoms. The zero-order chi connectivity index (χ0) is 15.6. The summed E-state index contributed by atoms with van der Waals surface area (Å²) in [5, 5.41) is 0.713. The zero-order valence-electron chi connectivity index (χ0n) is 12.8. The van der Waals surface area contributed by atoms with Crippen molar-refractivity contribution in [3.63, 3.8) is 0 Å². The van der Waals surface area contributed by atoms with E-state index in [-0.39, 0.29) is 17.9 Å². The van der Waals surface area contributed by atoms with Gasteiger partial charge in [-0.05, 0) is 50.9 Å². The standard InChI is InChI=1S/C16H23ClN2O2/c1-16(2,3)21-15(20)19-9-12(8-18)14(10-19)11-4-6-13(17)7-5-11/h4-7,12,14H,8-10,18H2,1-3H3/t12-,14+/m0/s1. The van der Waals surface area contributed by atoms with Crippen LogP contribution < -0.4 is 5.73 Å². The summed E-state index contributed by atoms with van der Waals surface area (Å²) in [4.78, 5) is 13.9.